The zero-order valence-corrected chi connectivity index (χ0v) is 15.4. The summed E-state index contributed by atoms with van der Waals surface area (Å²) in [7, 11) is 0. The molecule has 0 unspecified atom stereocenters. The van der Waals surface area contributed by atoms with E-state index in [0.717, 1.165) is 5.56 Å². The van der Waals surface area contributed by atoms with Crippen LogP contribution >= 0.6 is 11.6 Å². The van der Waals surface area contributed by atoms with E-state index in [-0.39, 0.29) is 18.0 Å². The molecular formula is C20H24ClNO2. The van der Waals surface area contributed by atoms with Gasteiger partial charge in [-0.3, -0.25) is 4.79 Å². The number of halogens is 1. The third-order valence-corrected chi connectivity index (χ3v) is 3.99. The molecule has 2 aromatic carbocycles. The van der Waals surface area contributed by atoms with E-state index in [1.165, 1.54) is 0 Å². The summed E-state index contributed by atoms with van der Waals surface area (Å²) in [6, 6.07) is 15.3. The van der Waals surface area contributed by atoms with Crippen molar-refractivity contribution in [1.29, 1.82) is 0 Å². The van der Waals surface area contributed by atoms with Crippen LogP contribution in [0.4, 0.5) is 0 Å². The third-order valence-electron chi connectivity index (χ3n) is 3.76. The second-order valence-corrected chi connectivity index (χ2v) is 6.75. The molecule has 24 heavy (non-hydrogen) atoms. The SMILES string of the molecule is CC(C)N(C(=O)c1cc(Cl)ccc1OCc1ccccc1)C(C)C. The Hall–Kier alpha value is -2.00. The molecule has 0 saturated carbocycles. The van der Waals surface area contributed by atoms with E-state index in [0.29, 0.717) is 22.9 Å². The molecule has 0 aliphatic heterocycles. The Labute approximate surface area is 149 Å². The Balaban J connectivity index is 2.28. The van der Waals surface area contributed by atoms with Crippen molar-refractivity contribution < 1.29 is 9.53 Å². The molecule has 0 bridgehead atoms. The first-order valence-electron chi connectivity index (χ1n) is 8.19. The van der Waals surface area contributed by atoms with E-state index in [1.807, 2.05) is 62.9 Å². The predicted molar refractivity (Wildman–Crippen MR) is 98.7 cm³/mol. The molecule has 0 atom stereocenters. The molecule has 0 heterocycles. The van der Waals surface area contributed by atoms with Crippen LogP contribution < -0.4 is 4.74 Å². The fourth-order valence-corrected chi connectivity index (χ4v) is 2.91. The molecule has 128 valence electrons. The second kappa shape index (κ2) is 8.20. The summed E-state index contributed by atoms with van der Waals surface area (Å²) in [5, 5.41) is 0.526. The lowest BCUT2D eigenvalue weighted by atomic mass is 10.1. The zero-order valence-electron chi connectivity index (χ0n) is 14.6. The number of amides is 1. The highest BCUT2D eigenvalue weighted by Crippen LogP contribution is 2.26. The van der Waals surface area contributed by atoms with Gasteiger partial charge in [0.05, 0.1) is 5.56 Å². The normalized spacial score (nSPS) is 11.0. The van der Waals surface area contributed by atoms with Crippen molar-refractivity contribution in [2.75, 3.05) is 0 Å². The lowest BCUT2D eigenvalue weighted by Gasteiger charge is -2.31. The van der Waals surface area contributed by atoms with Gasteiger partial charge in [-0.1, -0.05) is 41.9 Å². The Bertz CT molecular complexity index is 675. The largest absolute Gasteiger partial charge is 0.488 e. The predicted octanol–water partition coefficient (Wildman–Crippen LogP) is 5.18. The van der Waals surface area contributed by atoms with Crippen molar-refractivity contribution in [2.24, 2.45) is 0 Å². The number of benzene rings is 2. The minimum absolute atomic E-state index is 0.0643. The molecule has 3 nitrogen and oxygen atoms in total. The Morgan fingerprint density at radius 1 is 1.04 bits per heavy atom. The molecule has 0 radical (unpaired) electrons. The van der Waals surface area contributed by atoms with Crippen molar-refractivity contribution >= 4 is 17.5 Å². The number of hydrogen-bond donors (Lipinski definition) is 0. The monoisotopic (exact) mass is 345 g/mol. The van der Waals surface area contributed by atoms with Crippen molar-refractivity contribution in [3.63, 3.8) is 0 Å². The molecule has 0 aliphatic carbocycles. The molecule has 2 aromatic rings. The smallest absolute Gasteiger partial charge is 0.258 e. The van der Waals surface area contributed by atoms with Gasteiger partial charge >= 0.3 is 0 Å². The minimum atomic E-state index is -0.0643. The molecule has 0 saturated heterocycles. The summed E-state index contributed by atoms with van der Waals surface area (Å²) in [5.74, 6) is 0.491. The van der Waals surface area contributed by atoms with Crippen LogP contribution in [0.15, 0.2) is 48.5 Å². The molecule has 1 amide bonds. The fourth-order valence-electron chi connectivity index (χ4n) is 2.73. The highest BCUT2D eigenvalue weighted by molar-refractivity contribution is 6.31. The molecule has 0 spiro atoms. The van der Waals surface area contributed by atoms with E-state index >= 15 is 0 Å². The van der Waals surface area contributed by atoms with Crippen LogP contribution in [0, 0.1) is 0 Å². The molecule has 2 rings (SSSR count). The molecule has 0 aromatic heterocycles. The van der Waals surface area contributed by atoms with Gasteiger partial charge in [-0.05, 0) is 51.5 Å². The van der Waals surface area contributed by atoms with Crippen LogP contribution in [0.2, 0.25) is 5.02 Å². The van der Waals surface area contributed by atoms with Crippen molar-refractivity contribution in [2.45, 2.75) is 46.4 Å². The minimum Gasteiger partial charge on any atom is -0.488 e. The quantitative estimate of drug-likeness (QED) is 0.722. The van der Waals surface area contributed by atoms with Crippen LogP contribution in [0.25, 0.3) is 0 Å². The maximum atomic E-state index is 13.0. The van der Waals surface area contributed by atoms with Crippen LogP contribution in [0.3, 0.4) is 0 Å². The number of carbonyl (C=O) groups is 1. The van der Waals surface area contributed by atoms with E-state index in [1.54, 1.807) is 18.2 Å². The van der Waals surface area contributed by atoms with E-state index < -0.39 is 0 Å². The summed E-state index contributed by atoms with van der Waals surface area (Å²) in [6.07, 6.45) is 0. The van der Waals surface area contributed by atoms with Crippen LogP contribution in [0.1, 0.15) is 43.6 Å². The van der Waals surface area contributed by atoms with Gasteiger partial charge in [-0.25, -0.2) is 0 Å². The lowest BCUT2D eigenvalue weighted by Crippen LogP contribution is -2.42. The molecular weight excluding hydrogens is 322 g/mol. The maximum Gasteiger partial charge on any atom is 0.258 e. The average Bonchev–Trinajstić information content (AvgIpc) is 2.54. The third kappa shape index (κ3) is 4.51. The molecule has 0 fully saturated rings. The van der Waals surface area contributed by atoms with Gasteiger partial charge in [0.25, 0.3) is 5.91 Å². The second-order valence-electron chi connectivity index (χ2n) is 6.31. The van der Waals surface area contributed by atoms with Crippen molar-refractivity contribution in [3.8, 4) is 5.75 Å². The van der Waals surface area contributed by atoms with Gasteiger partial charge in [0.2, 0.25) is 0 Å². The Morgan fingerprint density at radius 2 is 1.67 bits per heavy atom. The first-order valence-corrected chi connectivity index (χ1v) is 8.57. The maximum absolute atomic E-state index is 13.0. The first kappa shape index (κ1) is 18.3. The van der Waals surface area contributed by atoms with Crippen molar-refractivity contribution in [1.82, 2.24) is 4.90 Å². The highest BCUT2D eigenvalue weighted by atomic mass is 35.5. The summed E-state index contributed by atoms with van der Waals surface area (Å²) >= 11 is 6.12. The fraction of sp³-hybridized carbons (Fsp3) is 0.350. The Kier molecular flexibility index (Phi) is 6.27. The van der Waals surface area contributed by atoms with Gasteiger partial charge < -0.3 is 9.64 Å². The summed E-state index contributed by atoms with van der Waals surface area (Å²) in [4.78, 5) is 14.8. The number of carbonyl (C=O) groups excluding carboxylic acids is 1. The highest BCUT2D eigenvalue weighted by Gasteiger charge is 2.24. The van der Waals surface area contributed by atoms with Crippen LogP contribution in [-0.4, -0.2) is 22.9 Å². The first-order chi connectivity index (χ1) is 11.4. The van der Waals surface area contributed by atoms with Gasteiger partial charge in [0.15, 0.2) is 0 Å². The summed E-state index contributed by atoms with van der Waals surface area (Å²) < 4.78 is 5.90. The topological polar surface area (TPSA) is 29.5 Å². The van der Waals surface area contributed by atoms with Gasteiger partial charge in [-0.2, -0.15) is 0 Å². The molecule has 0 aliphatic rings. The molecule has 0 N–H and O–H groups in total. The summed E-state index contributed by atoms with van der Waals surface area (Å²) in [5.41, 5.74) is 1.55. The zero-order chi connectivity index (χ0) is 17.7. The number of ether oxygens (including phenoxy) is 1. The van der Waals surface area contributed by atoms with Gasteiger partial charge in [-0.15, -0.1) is 0 Å². The van der Waals surface area contributed by atoms with Gasteiger partial charge in [0.1, 0.15) is 12.4 Å². The van der Waals surface area contributed by atoms with E-state index in [2.05, 4.69) is 0 Å². The van der Waals surface area contributed by atoms with Crippen LogP contribution in [-0.2, 0) is 6.61 Å². The molecule has 4 heteroatoms. The van der Waals surface area contributed by atoms with E-state index in [4.69, 9.17) is 16.3 Å². The number of nitrogens with zero attached hydrogens (tertiary/aromatic N) is 1. The van der Waals surface area contributed by atoms with Gasteiger partial charge in [0, 0.05) is 17.1 Å². The number of hydrogen-bond acceptors (Lipinski definition) is 2. The lowest BCUT2D eigenvalue weighted by molar-refractivity contribution is 0.0639. The standard InChI is InChI=1S/C20H24ClNO2/c1-14(2)22(15(3)4)20(23)18-12-17(21)10-11-19(18)24-13-16-8-6-5-7-9-16/h5-12,14-15H,13H2,1-4H3. The Morgan fingerprint density at radius 3 is 2.25 bits per heavy atom. The van der Waals surface area contributed by atoms with E-state index in [9.17, 15) is 4.79 Å². The summed E-state index contributed by atoms with van der Waals surface area (Å²) in [6.45, 7) is 8.44. The van der Waals surface area contributed by atoms with Crippen LogP contribution in [0.5, 0.6) is 5.75 Å². The average molecular weight is 346 g/mol. The van der Waals surface area contributed by atoms with Crippen molar-refractivity contribution in [3.05, 3.63) is 64.7 Å². The number of rotatable bonds is 6.